The lowest BCUT2D eigenvalue weighted by atomic mass is 10.3. The first-order chi connectivity index (χ1) is 7.75. The molecule has 0 radical (unpaired) electrons. The van der Waals surface area contributed by atoms with E-state index in [0.717, 1.165) is 21.8 Å². The summed E-state index contributed by atoms with van der Waals surface area (Å²) in [5, 5.41) is 6.09. The average Bonchev–Trinajstić information content (AvgIpc) is 2.74. The summed E-state index contributed by atoms with van der Waals surface area (Å²) in [6.07, 6.45) is 0.0844. The first kappa shape index (κ1) is 12.0. The fourth-order valence-electron chi connectivity index (χ4n) is 1.48. The van der Waals surface area contributed by atoms with Crippen molar-refractivity contribution in [3.05, 3.63) is 20.8 Å². The number of hydrogen-bond acceptors (Lipinski definition) is 4. The van der Waals surface area contributed by atoms with Gasteiger partial charge in [0.05, 0.1) is 21.4 Å². The molecular formula is C10H13BrN2O2S. The molecule has 2 N–H and O–H groups in total. The van der Waals surface area contributed by atoms with Crippen molar-refractivity contribution in [2.75, 3.05) is 26.2 Å². The van der Waals surface area contributed by atoms with Crippen LogP contribution in [0.5, 0.6) is 0 Å². The molecule has 1 aromatic heterocycles. The zero-order chi connectivity index (χ0) is 11.4. The molecule has 16 heavy (non-hydrogen) atoms. The van der Waals surface area contributed by atoms with Gasteiger partial charge in [-0.3, -0.25) is 4.79 Å². The molecule has 1 unspecified atom stereocenters. The Labute approximate surface area is 106 Å². The van der Waals surface area contributed by atoms with E-state index in [4.69, 9.17) is 4.74 Å². The number of nitrogens with one attached hydrogen (secondary N) is 2. The van der Waals surface area contributed by atoms with Crippen LogP contribution in [0.4, 0.5) is 0 Å². The van der Waals surface area contributed by atoms with E-state index in [9.17, 15) is 4.79 Å². The lowest BCUT2D eigenvalue weighted by molar-refractivity contribution is 0.0287. The van der Waals surface area contributed by atoms with Gasteiger partial charge in [-0.25, -0.2) is 0 Å². The molecule has 4 nitrogen and oxygen atoms in total. The minimum absolute atomic E-state index is 0.0372. The second kappa shape index (κ2) is 5.77. The van der Waals surface area contributed by atoms with Crippen LogP contribution in [0, 0.1) is 0 Å². The molecule has 1 aliphatic rings. The minimum atomic E-state index is -0.0372. The number of rotatable bonds is 3. The SMILES string of the molecule is O=C(NCC1CNCCO1)c1ccc(Br)s1. The summed E-state index contributed by atoms with van der Waals surface area (Å²) < 4.78 is 6.45. The van der Waals surface area contributed by atoms with Crippen molar-refractivity contribution in [3.63, 3.8) is 0 Å². The monoisotopic (exact) mass is 304 g/mol. The Bertz CT molecular complexity index is 363. The van der Waals surface area contributed by atoms with Crippen LogP contribution in [0.15, 0.2) is 15.9 Å². The minimum Gasteiger partial charge on any atom is -0.374 e. The number of amides is 1. The van der Waals surface area contributed by atoms with Gasteiger partial charge in [0.25, 0.3) is 5.91 Å². The van der Waals surface area contributed by atoms with Gasteiger partial charge in [0, 0.05) is 19.6 Å². The van der Waals surface area contributed by atoms with Crippen LogP contribution in [0.3, 0.4) is 0 Å². The van der Waals surface area contributed by atoms with E-state index in [0.29, 0.717) is 13.2 Å². The molecule has 6 heteroatoms. The summed E-state index contributed by atoms with van der Waals surface area (Å²) in [5.41, 5.74) is 0. The number of thiophene rings is 1. The Morgan fingerprint density at radius 3 is 3.19 bits per heavy atom. The highest BCUT2D eigenvalue weighted by atomic mass is 79.9. The molecule has 1 saturated heterocycles. The maximum absolute atomic E-state index is 11.7. The Morgan fingerprint density at radius 1 is 1.69 bits per heavy atom. The molecule has 1 aliphatic heterocycles. The van der Waals surface area contributed by atoms with Crippen LogP contribution >= 0.6 is 27.3 Å². The highest BCUT2D eigenvalue weighted by molar-refractivity contribution is 9.11. The van der Waals surface area contributed by atoms with Gasteiger partial charge in [0.2, 0.25) is 0 Å². The quantitative estimate of drug-likeness (QED) is 0.883. The highest BCUT2D eigenvalue weighted by Gasteiger charge is 2.15. The van der Waals surface area contributed by atoms with Gasteiger partial charge in [-0.05, 0) is 28.1 Å². The zero-order valence-corrected chi connectivity index (χ0v) is 11.1. The molecule has 0 spiro atoms. The van der Waals surface area contributed by atoms with Crippen LogP contribution in [-0.4, -0.2) is 38.3 Å². The average molecular weight is 305 g/mol. The van der Waals surface area contributed by atoms with E-state index in [-0.39, 0.29) is 12.0 Å². The van der Waals surface area contributed by atoms with Crippen molar-refractivity contribution in [1.29, 1.82) is 0 Å². The van der Waals surface area contributed by atoms with Gasteiger partial charge >= 0.3 is 0 Å². The standard InChI is InChI=1S/C10H13BrN2O2S/c11-9-2-1-8(16-9)10(14)13-6-7-5-12-3-4-15-7/h1-2,7,12H,3-6H2,(H,13,14). The van der Waals surface area contributed by atoms with E-state index in [1.807, 2.05) is 12.1 Å². The van der Waals surface area contributed by atoms with Gasteiger partial charge in [-0.2, -0.15) is 0 Å². The Morgan fingerprint density at radius 2 is 2.56 bits per heavy atom. The number of morpholine rings is 1. The van der Waals surface area contributed by atoms with Crippen LogP contribution in [0.2, 0.25) is 0 Å². The summed E-state index contributed by atoms with van der Waals surface area (Å²) >= 11 is 4.76. The third kappa shape index (κ3) is 3.28. The molecule has 2 heterocycles. The lowest BCUT2D eigenvalue weighted by Gasteiger charge is -2.23. The fraction of sp³-hybridized carbons (Fsp3) is 0.500. The second-order valence-corrected chi connectivity index (χ2v) is 5.97. The van der Waals surface area contributed by atoms with Gasteiger partial charge < -0.3 is 15.4 Å². The van der Waals surface area contributed by atoms with Crippen LogP contribution in [0.25, 0.3) is 0 Å². The van der Waals surface area contributed by atoms with Crippen molar-refractivity contribution in [2.24, 2.45) is 0 Å². The van der Waals surface area contributed by atoms with Gasteiger partial charge in [0.1, 0.15) is 0 Å². The summed E-state index contributed by atoms with van der Waals surface area (Å²) in [6.45, 7) is 2.96. The zero-order valence-electron chi connectivity index (χ0n) is 8.66. The summed E-state index contributed by atoms with van der Waals surface area (Å²) in [7, 11) is 0. The smallest absolute Gasteiger partial charge is 0.261 e. The predicted octanol–water partition coefficient (Wildman–Crippen LogP) is 1.23. The highest BCUT2D eigenvalue weighted by Crippen LogP contribution is 2.21. The van der Waals surface area contributed by atoms with Crippen LogP contribution in [0.1, 0.15) is 9.67 Å². The van der Waals surface area contributed by atoms with Crippen LogP contribution in [-0.2, 0) is 4.74 Å². The largest absolute Gasteiger partial charge is 0.374 e. The fourth-order valence-corrected chi connectivity index (χ4v) is 2.78. The normalized spacial score (nSPS) is 20.7. The number of halogens is 1. The first-order valence-electron chi connectivity index (χ1n) is 5.11. The maximum Gasteiger partial charge on any atom is 0.261 e. The van der Waals surface area contributed by atoms with Crippen molar-refractivity contribution >= 4 is 33.2 Å². The van der Waals surface area contributed by atoms with E-state index in [1.54, 1.807) is 0 Å². The molecule has 1 aromatic rings. The van der Waals surface area contributed by atoms with Crippen molar-refractivity contribution in [1.82, 2.24) is 10.6 Å². The van der Waals surface area contributed by atoms with Crippen molar-refractivity contribution in [3.8, 4) is 0 Å². The molecule has 88 valence electrons. The van der Waals surface area contributed by atoms with Gasteiger partial charge in [0.15, 0.2) is 0 Å². The van der Waals surface area contributed by atoms with Gasteiger partial charge in [-0.15, -0.1) is 11.3 Å². The predicted molar refractivity (Wildman–Crippen MR) is 67.0 cm³/mol. The first-order valence-corrected chi connectivity index (χ1v) is 6.72. The Hall–Kier alpha value is -0.430. The Kier molecular flexibility index (Phi) is 4.34. The Balaban J connectivity index is 1.79. The van der Waals surface area contributed by atoms with Gasteiger partial charge in [-0.1, -0.05) is 0 Å². The third-order valence-corrected chi connectivity index (χ3v) is 3.91. The topological polar surface area (TPSA) is 50.4 Å². The third-order valence-electron chi connectivity index (χ3n) is 2.29. The lowest BCUT2D eigenvalue weighted by Crippen LogP contribution is -2.45. The molecule has 0 bridgehead atoms. The molecule has 2 rings (SSSR count). The molecule has 1 amide bonds. The maximum atomic E-state index is 11.7. The molecule has 1 fully saturated rings. The summed E-state index contributed by atoms with van der Waals surface area (Å²) in [6, 6.07) is 3.68. The molecule has 0 saturated carbocycles. The van der Waals surface area contributed by atoms with Crippen LogP contribution < -0.4 is 10.6 Å². The molecule has 1 atom stereocenters. The number of carbonyl (C=O) groups is 1. The number of hydrogen-bond donors (Lipinski definition) is 2. The van der Waals surface area contributed by atoms with Crippen molar-refractivity contribution < 1.29 is 9.53 Å². The van der Waals surface area contributed by atoms with E-state index < -0.39 is 0 Å². The molecule has 0 aromatic carbocycles. The number of carbonyl (C=O) groups excluding carboxylic acids is 1. The molecule has 0 aliphatic carbocycles. The number of ether oxygens (including phenoxy) is 1. The summed E-state index contributed by atoms with van der Waals surface area (Å²) in [4.78, 5) is 12.4. The molecular weight excluding hydrogens is 292 g/mol. The van der Waals surface area contributed by atoms with E-state index in [2.05, 4.69) is 26.6 Å². The van der Waals surface area contributed by atoms with Crippen molar-refractivity contribution in [2.45, 2.75) is 6.10 Å². The second-order valence-electron chi connectivity index (χ2n) is 3.51. The van der Waals surface area contributed by atoms with E-state index in [1.165, 1.54) is 11.3 Å². The van der Waals surface area contributed by atoms with E-state index >= 15 is 0 Å². The summed E-state index contributed by atoms with van der Waals surface area (Å²) in [5.74, 6) is -0.0372.